The number of likely N-dealkylation sites (N-methyl/N-ethyl adjacent to an activating group) is 2. The van der Waals surface area contributed by atoms with E-state index in [9.17, 15) is 0 Å². The molecule has 1 aromatic heterocycles. The van der Waals surface area contributed by atoms with Gasteiger partial charge in [-0.05, 0) is 32.6 Å². The van der Waals surface area contributed by atoms with Crippen molar-refractivity contribution >= 4 is 0 Å². The molecule has 0 atom stereocenters. The standard InChI is InChI=1S/C11H20N2O/c1-4-12-7-8-13(3)9-11-6-5-10(2)14-11/h5-6,12H,4,7-9H2,1-3H3. The zero-order valence-corrected chi connectivity index (χ0v) is 9.34. The number of hydrogen-bond donors (Lipinski definition) is 1. The van der Waals surface area contributed by atoms with E-state index in [-0.39, 0.29) is 0 Å². The molecule has 0 aromatic carbocycles. The molecule has 0 fully saturated rings. The van der Waals surface area contributed by atoms with Crippen LogP contribution in [0.5, 0.6) is 0 Å². The molecule has 0 radical (unpaired) electrons. The number of furan rings is 1. The molecule has 0 aliphatic carbocycles. The summed E-state index contributed by atoms with van der Waals surface area (Å²) in [6, 6.07) is 4.05. The van der Waals surface area contributed by atoms with Crippen LogP contribution in [0.4, 0.5) is 0 Å². The van der Waals surface area contributed by atoms with Crippen molar-refractivity contribution in [2.45, 2.75) is 20.4 Å². The summed E-state index contributed by atoms with van der Waals surface area (Å²) >= 11 is 0. The molecular weight excluding hydrogens is 176 g/mol. The third-order valence-electron chi connectivity index (χ3n) is 2.14. The van der Waals surface area contributed by atoms with E-state index in [0.29, 0.717) is 0 Å². The van der Waals surface area contributed by atoms with Crippen LogP contribution in [0.15, 0.2) is 16.5 Å². The van der Waals surface area contributed by atoms with E-state index in [2.05, 4.69) is 24.2 Å². The number of rotatable bonds is 6. The molecule has 3 heteroatoms. The molecular formula is C11H20N2O. The molecule has 0 saturated heterocycles. The highest BCUT2D eigenvalue weighted by Crippen LogP contribution is 2.07. The smallest absolute Gasteiger partial charge is 0.118 e. The third-order valence-corrected chi connectivity index (χ3v) is 2.14. The molecule has 0 amide bonds. The second-order valence-electron chi connectivity index (χ2n) is 3.60. The van der Waals surface area contributed by atoms with Crippen LogP contribution in [0.3, 0.4) is 0 Å². The van der Waals surface area contributed by atoms with Gasteiger partial charge in [0.05, 0.1) is 6.54 Å². The van der Waals surface area contributed by atoms with Gasteiger partial charge in [0, 0.05) is 13.1 Å². The van der Waals surface area contributed by atoms with E-state index in [0.717, 1.165) is 37.7 Å². The summed E-state index contributed by atoms with van der Waals surface area (Å²) in [6.07, 6.45) is 0. The van der Waals surface area contributed by atoms with Gasteiger partial charge in [0.1, 0.15) is 11.5 Å². The van der Waals surface area contributed by atoms with Gasteiger partial charge < -0.3 is 9.73 Å². The van der Waals surface area contributed by atoms with Crippen LogP contribution in [0.2, 0.25) is 0 Å². The highest BCUT2D eigenvalue weighted by atomic mass is 16.3. The summed E-state index contributed by atoms with van der Waals surface area (Å²) in [6.45, 7) is 8.10. The summed E-state index contributed by atoms with van der Waals surface area (Å²) in [5.74, 6) is 2.03. The Kier molecular flexibility index (Phi) is 4.70. The predicted molar refractivity (Wildman–Crippen MR) is 58.3 cm³/mol. The van der Waals surface area contributed by atoms with E-state index in [4.69, 9.17) is 4.42 Å². The van der Waals surface area contributed by atoms with Crippen molar-refractivity contribution in [3.8, 4) is 0 Å². The van der Waals surface area contributed by atoms with Crippen molar-refractivity contribution in [1.82, 2.24) is 10.2 Å². The van der Waals surface area contributed by atoms with Crippen molar-refractivity contribution in [2.24, 2.45) is 0 Å². The van der Waals surface area contributed by atoms with E-state index in [1.165, 1.54) is 0 Å². The minimum atomic E-state index is 0.888. The number of hydrogen-bond acceptors (Lipinski definition) is 3. The maximum atomic E-state index is 5.50. The van der Waals surface area contributed by atoms with Crippen molar-refractivity contribution < 1.29 is 4.42 Å². The maximum Gasteiger partial charge on any atom is 0.118 e. The average molecular weight is 196 g/mol. The Morgan fingerprint density at radius 2 is 2.21 bits per heavy atom. The van der Waals surface area contributed by atoms with Gasteiger partial charge in [-0.15, -0.1) is 0 Å². The van der Waals surface area contributed by atoms with Crippen LogP contribution in [0, 0.1) is 6.92 Å². The van der Waals surface area contributed by atoms with E-state index in [1.807, 2.05) is 19.1 Å². The first-order chi connectivity index (χ1) is 6.72. The molecule has 0 aliphatic rings. The quantitative estimate of drug-likeness (QED) is 0.701. The van der Waals surface area contributed by atoms with Crippen molar-refractivity contribution in [3.63, 3.8) is 0 Å². The van der Waals surface area contributed by atoms with Crippen LogP contribution in [-0.2, 0) is 6.54 Å². The van der Waals surface area contributed by atoms with Crippen LogP contribution >= 0.6 is 0 Å². The molecule has 1 aromatic rings. The Bertz CT molecular complexity index is 258. The van der Waals surface area contributed by atoms with Crippen LogP contribution in [-0.4, -0.2) is 31.6 Å². The molecule has 0 unspecified atom stereocenters. The molecule has 80 valence electrons. The molecule has 14 heavy (non-hydrogen) atoms. The second-order valence-corrected chi connectivity index (χ2v) is 3.60. The first-order valence-corrected chi connectivity index (χ1v) is 5.17. The number of nitrogens with one attached hydrogen (secondary N) is 1. The van der Waals surface area contributed by atoms with Gasteiger partial charge in [-0.1, -0.05) is 6.92 Å². The highest BCUT2D eigenvalue weighted by Gasteiger charge is 2.02. The summed E-state index contributed by atoms with van der Waals surface area (Å²) in [5, 5.41) is 3.30. The second kappa shape index (κ2) is 5.83. The number of nitrogens with zero attached hydrogens (tertiary/aromatic N) is 1. The first kappa shape index (κ1) is 11.3. The lowest BCUT2D eigenvalue weighted by Gasteiger charge is -2.14. The van der Waals surface area contributed by atoms with Crippen molar-refractivity contribution in [3.05, 3.63) is 23.7 Å². The summed E-state index contributed by atoms with van der Waals surface area (Å²) in [5.41, 5.74) is 0. The fourth-order valence-corrected chi connectivity index (χ4v) is 1.36. The Morgan fingerprint density at radius 1 is 1.43 bits per heavy atom. The lowest BCUT2D eigenvalue weighted by atomic mass is 10.4. The Labute approximate surface area is 86.1 Å². The van der Waals surface area contributed by atoms with Gasteiger partial charge in [-0.3, -0.25) is 4.90 Å². The topological polar surface area (TPSA) is 28.4 Å². The Hall–Kier alpha value is -0.800. The zero-order chi connectivity index (χ0) is 10.4. The van der Waals surface area contributed by atoms with Crippen molar-refractivity contribution in [2.75, 3.05) is 26.7 Å². The lowest BCUT2D eigenvalue weighted by Crippen LogP contribution is -2.28. The number of aryl methyl sites for hydroxylation is 1. The molecule has 0 saturated carbocycles. The predicted octanol–water partition coefficient (Wildman–Crippen LogP) is 1.63. The van der Waals surface area contributed by atoms with Crippen LogP contribution in [0.1, 0.15) is 18.4 Å². The SMILES string of the molecule is CCNCCN(C)Cc1ccc(C)o1. The maximum absolute atomic E-state index is 5.50. The van der Waals surface area contributed by atoms with Gasteiger partial charge in [0.15, 0.2) is 0 Å². The molecule has 0 aliphatic heterocycles. The van der Waals surface area contributed by atoms with Gasteiger partial charge in [-0.2, -0.15) is 0 Å². The largest absolute Gasteiger partial charge is 0.465 e. The van der Waals surface area contributed by atoms with Gasteiger partial charge in [-0.25, -0.2) is 0 Å². The Morgan fingerprint density at radius 3 is 2.79 bits per heavy atom. The first-order valence-electron chi connectivity index (χ1n) is 5.17. The Balaban J connectivity index is 2.23. The van der Waals surface area contributed by atoms with Gasteiger partial charge in [0.2, 0.25) is 0 Å². The van der Waals surface area contributed by atoms with E-state index < -0.39 is 0 Å². The van der Waals surface area contributed by atoms with Crippen molar-refractivity contribution in [1.29, 1.82) is 0 Å². The highest BCUT2D eigenvalue weighted by molar-refractivity contribution is 5.05. The molecule has 1 N–H and O–H groups in total. The molecule has 0 spiro atoms. The van der Waals surface area contributed by atoms with Crippen LogP contribution < -0.4 is 5.32 Å². The van der Waals surface area contributed by atoms with E-state index in [1.54, 1.807) is 0 Å². The zero-order valence-electron chi connectivity index (χ0n) is 9.34. The summed E-state index contributed by atoms with van der Waals surface area (Å²) in [7, 11) is 2.11. The molecule has 3 nitrogen and oxygen atoms in total. The normalized spacial score (nSPS) is 11.1. The summed E-state index contributed by atoms with van der Waals surface area (Å²) in [4.78, 5) is 2.25. The summed E-state index contributed by atoms with van der Waals surface area (Å²) < 4.78 is 5.50. The molecule has 0 bridgehead atoms. The minimum Gasteiger partial charge on any atom is -0.465 e. The molecule has 1 rings (SSSR count). The average Bonchev–Trinajstić information content (AvgIpc) is 2.52. The fourth-order valence-electron chi connectivity index (χ4n) is 1.36. The van der Waals surface area contributed by atoms with Crippen LogP contribution in [0.25, 0.3) is 0 Å². The minimum absolute atomic E-state index is 0.888. The van der Waals surface area contributed by atoms with E-state index >= 15 is 0 Å². The van der Waals surface area contributed by atoms with Gasteiger partial charge in [0.25, 0.3) is 0 Å². The fraction of sp³-hybridized carbons (Fsp3) is 0.636. The third kappa shape index (κ3) is 3.94. The monoisotopic (exact) mass is 196 g/mol. The van der Waals surface area contributed by atoms with Gasteiger partial charge >= 0.3 is 0 Å². The lowest BCUT2D eigenvalue weighted by molar-refractivity contribution is 0.292. The molecule has 1 heterocycles.